The van der Waals surface area contributed by atoms with Crippen molar-refractivity contribution in [1.82, 2.24) is 15.0 Å². The Morgan fingerprint density at radius 3 is 2.88 bits per heavy atom. The largest absolute Gasteiger partial charge is 0.307 e. The van der Waals surface area contributed by atoms with Gasteiger partial charge in [-0.2, -0.15) is 0 Å². The molecule has 5 nitrogen and oxygen atoms in total. The Hall–Kier alpha value is -0.500. The summed E-state index contributed by atoms with van der Waals surface area (Å²) in [6.45, 7) is 4.60. The van der Waals surface area contributed by atoms with Crippen LogP contribution in [-0.2, 0) is 10.0 Å². The van der Waals surface area contributed by atoms with E-state index in [-0.39, 0.29) is 11.8 Å². The summed E-state index contributed by atoms with van der Waals surface area (Å²) >= 11 is 1.56. The third-order valence-electron chi connectivity index (χ3n) is 2.01. The van der Waals surface area contributed by atoms with Gasteiger partial charge in [0.25, 0.3) is 0 Å². The molecule has 2 N–H and O–H groups in total. The van der Waals surface area contributed by atoms with Gasteiger partial charge >= 0.3 is 0 Å². The second kappa shape index (κ2) is 6.29. The summed E-state index contributed by atoms with van der Waals surface area (Å²) in [4.78, 5) is 4.16. The average Bonchev–Trinajstić information content (AvgIpc) is 2.69. The molecule has 1 rings (SSSR count). The van der Waals surface area contributed by atoms with Crippen molar-refractivity contribution in [2.24, 2.45) is 0 Å². The number of rotatable bonds is 7. The monoisotopic (exact) mass is 263 g/mol. The summed E-state index contributed by atoms with van der Waals surface area (Å²) in [6.07, 6.45) is 1.74. The van der Waals surface area contributed by atoms with E-state index in [0.29, 0.717) is 13.1 Å². The highest BCUT2D eigenvalue weighted by atomic mass is 32.2. The zero-order valence-electron chi connectivity index (χ0n) is 9.43. The lowest BCUT2D eigenvalue weighted by atomic mass is 10.3. The average molecular weight is 263 g/mol. The van der Waals surface area contributed by atoms with Crippen LogP contribution in [0, 0.1) is 0 Å². The van der Waals surface area contributed by atoms with Crippen molar-refractivity contribution in [3.8, 4) is 0 Å². The molecule has 0 aliphatic rings. The summed E-state index contributed by atoms with van der Waals surface area (Å²) in [5, 5.41) is 6.01. The van der Waals surface area contributed by atoms with E-state index in [0.717, 1.165) is 5.01 Å². The molecule has 1 aromatic heterocycles. The van der Waals surface area contributed by atoms with Gasteiger partial charge in [-0.3, -0.25) is 0 Å². The second-order valence-electron chi connectivity index (χ2n) is 3.36. The molecule has 0 aliphatic heterocycles. The highest BCUT2D eigenvalue weighted by molar-refractivity contribution is 7.89. The molecule has 1 aromatic rings. The zero-order valence-corrected chi connectivity index (χ0v) is 11.1. The quantitative estimate of drug-likeness (QED) is 0.761. The normalized spacial score (nSPS) is 13.9. The molecule has 0 radical (unpaired) electrons. The fourth-order valence-electron chi connectivity index (χ4n) is 1.24. The predicted octanol–water partition coefficient (Wildman–Crippen LogP) is 0.733. The van der Waals surface area contributed by atoms with E-state index >= 15 is 0 Å². The van der Waals surface area contributed by atoms with E-state index in [1.165, 1.54) is 0 Å². The number of hydrogen-bond donors (Lipinski definition) is 2. The first-order chi connectivity index (χ1) is 7.55. The molecule has 1 unspecified atom stereocenters. The van der Waals surface area contributed by atoms with Gasteiger partial charge in [-0.1, -0.05) is 6.92 Å². The van der Waals surface area contributed by atoms with E-state index in [9.17, 15) is 8.42 Å². The fraction of sp³-hybridized carbons (Fsp3) is 0.667. The maximum atomic E-state index is 11.3. The lowest BCUT2D eigenvalue weighted by molar-refractivity contribution is 0.563. The predicted molar refractivity (Wildman–Crippen MR) is 66.0 cm³/mol. The molecule has 0 spiro atoms. The van der Waals surface area contributed by atoms with Crippen molar-refractivity contribution in [3.05, 3.63) is 16.6 Å². The van der Waals surface area contributed by atoms with Gasteiger partial charge in [0.15, 0.2) is 0 Å². The van der Waals surface area contributed by atoms with Crippen LogP contribution in [0.5, 0.6) is 0 Å². The van der Waals surface area contributed by atoms with Crippen molar-refractivity contribution in [3.63, 3.8) is 0 Å². The molecule has 0 fully saturated rings. The minimum Gasteiger partial charge on any atom is -0.307 e. The molecule has 1 atom stereocenters. The third-order valence-corrected chi connectivity index (χ3v) is 4.44. The molecule has 1 heterocycles. The first-order valence-corrected chi connectivity index (χ1v) is 7.68. The van der Waals surface area contributed by atoms with Crippen LogP contribution in [0.25, 0.3) is 0 Å². The Morgan fingerprint density at radius 2 is 2.31 bits per heavy atom. The Morgan fingerprint density at radius 1 is 1.56 bits per heavy atom. The third kappa shape index (κ3) is 4.56. The van der Waals surface area contributed by atoms with E-state index in [1.54, 1.807) is 24.5 Å². The first kappa shape index (κ1) is 13.6. The Kier molecular flexibility index (Phi) is 5.33. The zero-order chi connectivity index (χ0) is 12.0. The molecule has 0 aromatic carbocycles. The molecular formula is C9H17N3O2S2. The van der Waals surface area contributed by atoms with Gasteiger partial charge in [0.2, 0.25) is 10.0 Å². The van der Waals surface area contributed by atoms with Crippen LogP contribution >= 0.6 is 11.3 Å². The summed E-state index contributed by atoms with van der Waals surface area (Å²) in [7, 11) is -3.13. The summed E-state index contributed by atoms with van der Waals surface area (Å²) < 4.78 is 25.1. The van der Waals surface area contributed by atoms with Crippen LogP contribution in [0.15, 0.2) is 11.6 Å². The number of thiazole rings is 1. The molecule has 92 valence electrons. The van der Waals surface area contributed by atoms with E-state index in [4.69, 9.17) is 0 Å². The molecule has 0 aliphatic carbocycles. The van der Waals surface area contributed by atoms with Gasteiger partial charge in [0.1, 0.15) is 5.01 Å². The van der Waals surface area contributed by atoms with E-state index < -0.39 is 10.0 Å². The smallest absolute Gasteiger partial charge is 0.212 e. The molecule has 7 heteroatoms. The van der Waals surface area contributed by atoms with Gasteiger partial charge < -0.3 is 5.32 Å². The number of nitrogens with zero attached hydrogens (tertiary/aromatic N) is 1. The lowest BCUT2D eigenvalue weighted by Gasteiger charge is -2.11. The maximum absolute atomic E-state index is 11.3. The van der Waals surface area contributed by atoms with Crippen LogP contribution in [0.4, 0.5) is 0 Å². The number of nitrogens with one attached hydrogen (secondary N) is 2. The van der Waals surface area contributed by atoms with Crippen molar-refractivity contribution in [1.29, 1.82) is 0 Å². The summed E-state index contributed by atoms with van der Waals surface area (Å²) in [6, 6.07) is 0.0943. The highest BCUT2D eigenvalue weighted by Crippen LogP contribution is 2.13. The van der Waals surface area contributed by atoms with Gasteiger partial charge in [-0.05, 0) is 6.92 Å². The summed E-state index contributed by atoms with van der Waals surface area (Å²) in [5.41, 5.74) is 0. The molecule has 0 amide bonds. The van der Waals surface area contributed by atoms with Gasteiger partial charge in [0, 0.05) is 24.7 Å². The molecule has 0 saturated carbocycles. The van der Waals surface area contributed by atoms with Crippen LogP contribution in [0.1, 0.15) is 24.9 Å². The van der Waals surface area contributed by atoms with Crippen molar-refractivity contribution >= 4 is 21.4 Å². The molecule has 0 saturated heterocycles. The van der Waals surface area contributed by atoms with Crippen LogP contribution in [0.3, 0.4) is 0 Å². The summed E-state index contributed by atoms with van der Waals surface area (Å²) in [5.74, 6) is 0.0938. The second-order valence-corrected chi connectivity index (χ2v) is 6.22. The maximum Gasteiger partial charge on any atom is 0.212 e. The minimum absolute atomic E-state index is 0.0938. The first-order valence-electron chi connectivity index (χ1n) is 5.15. The van der Waals surface area contributed by atoms with Crippen LogP contribution < -0.4 is 10.0 Å². The standard InChI is InChI=1S/C9H17N3O2S2/c1-3-12-16(13,14)7-5-10-8(2)9-11-4-6-15-9/h4,6,8,10,12H,3,5,7H2,1-2H3. The van der Waals surface area contributed by atoms with Gasteiger partial charge in [-0.25, -0.2) is 18.1 Å². The van der Waals surface area contributed by atoms with Crippen molar-refractivity contribution in [2.45, 2.75) is 19.9 Å². The van der Waals surface area contributed by atoms with Crippen LogP contribution in [-0.4, -0.2) is 32.2 Å². The Balaban J connectivity index is 2.31. The van der Waals surface area contributed by atoms with Crippen LogP contribution in [0.2, 0.25) is 0 Å². The van der Waals surface area contributed by atoms with Crippen molar-refractivity contribution in [2.75, 3.05) is 18.8 Å². The number of aromatic nitrogens is 1. The Labute approximate surface area is 100 Å². The van der Waals surface area contributed by atoms with E-state index in [2.05, 4.69) is 15.0 Å². The Bertz CT molecular complexity index is 389. The fourth-order valence-corrected chi connectivity index (χ4v) is 2.88. The number of hydrogen-bond acceptors (Lipinski definition) is 5. The molecule has 16 heavy (non-hydrogen) atoms. The minimum atomic E-state index is -3.13. The topological polar surface area (TPSA) is 71.1 Å². The van der Waals surface area contributed by atoms with Crippen molar-refractivity contribution < 1.29 is 8.42 Å². The SMILES string of the molecule is CCNS(=O)(=O)CCNC(C)c1nccs1. The lowest BCUT2D eigenvalue weighted by Crippen LogP contribution is -2.32. The van der Waals surface area contributed by atoms with E-state index in [1.807, 2.05) is 12.3 Å². The molecule has 0 bridgehead atoms. The highest BCUT2D eigenvalue weighted by Gasteiger charge is 2.11. The molecular weight excluding hydrogens is 246 g/mol. The number of sulfonamides is 1. The van der Waals surface area contributed by atoms with Gasteiger partial charge in [-0.15, -0.1) is 11.3 Å². The van der Waals surface area contributed by atoms with Gasteiger partial charge in [0.05, 0.1) is 11.8 Å².